The van der Waals surface area contributed by atoms with E-state index in [4.69, 9.17) is 0 Å². The van der Waals surface area contributed by atoms with Crippen molar-refractivity contribution < 1.29 is 5.11 Å². The molecular formula is C14H29NO. The molecule has 0 amide bonds. The van der Waals surface area contributed by atoms with Gasteiger partial charge in [0.15, 0.2) is 0 Å². The molecule has 0 spiro atoms. The molecule has 1 saturated carbocycles. The first kappa shape index (κ1) is 14.0. The van der Waals surface area contributed by atoms with Crippen molar-refractivity contribution in [2.45, 2.75) is 71.4 Å². The summed E-state index contributed by atoms with van der Waals surface area (Å²) in [5.74, 6) is 1.46. The third kappa shape index (κ3) is 5.31. The fourth-order valence-corrected chi connectivity index (χ4v) is 2.78. The first-order valence-corrected chi connectivity index (χ1v) is 6.85. The standard InChI is InChI=1S/C14H29NO/c1-11(2)9-14(4,16)10-15-13-7-5-12(3)6-8-13/h11-13,15-16H,5-10H2,1-4H3. The number of hydrogen-bond acceptors (Lipinski definition) is 2. The van der Waals surface area contributed by atoms with E-state index >= 15 is 0 Å². The molecule has 1 aliphatic rings. The first-order valence-electron chi connectivity index (χ1n) is 6.85. The molecule has 96 valence electrons. The Bertz CT molecular complexity index is 193. The second kappa shape index (κ2) is 6.02. The fourth-order valence-electron chi connectivity index (χ4n) is 2.78. The number of nitrogens with one attached hydrogen (secondary N) is 1. The predicted octanol–water partition coefficient (Wildman–Crippen LogP) is 2.95. The van der Waals surface area contributed by atoms with Gasteiger partial charge in [-0.2, -0.15) is 0 Å². The van der Waals surface area contributed by atoms with Crippen LogP contribution in [0.4, 0.5) is 0 Å². The minimum atomic E-state index is -0.544. The lowest BCUT2D eigenvalue weighted by Gasteiger charge is -2.31. The van der Waals surface area contributed by atoms with Gasteiger partial charge in [-0.3, -0.25) is 0 Å². The maximum absolute atomic E-state index is 10.2. The van der Waals surface area contributed by atoms with E-state index < -0.39 is 5.60 Å². The van der Waals surface area contributed by atoms with Crippen LogP contribution in [0.3, 0.4) is 0 Å². The van der Waals surface area contributed by atoms with Gasteiger partial charge in [0.2, 0.25) is 0 Å². The zero-order valence-corrected chi connectivity index (χ0v) is 11.4. The summed E-state index contributed by atoms with van der Waals surface area (Å²) in [7, 11) is 0. The number of aliphatic hydroxyl groups is 1. The van der Waals surface area contributed by atoms with Gasteiger partial charge in [0.25, 0.3) is 0 Å². The van der Waals surface area contributed by atoms with Crippen molar-refractivity contribution in [2.75, 3.05) is 6.54 Å². The van der Waals surface area contributed by atoms with Gasteiger partial charge in [0, 0.05) is 12.6 Å². The van der Waals surface area contributed by atoms with Gasteiger partial charge in [0.05, 0.1) is 5.60 Å². The third-order valence-electron chi connectivity index (χ3n) is 3.64. The Kier molecular flexibility index (Phi) is 5.26. The van der Waals surface area contributed by atoms with Crippen LogP contribution in [0.15, 0.2) is 0 Å². The van der Waals surface area contributed by atoms with E-state index in [9.17, 15) is 5.11 Å². The van der Waals surface area contributed by atoms with E-state index in [1.807, 2.05) is 6.92 Å². The zero-order valence-electron chi connectivity index (χ0n) is 11.4. The SMILES string of the molecule is CC(C)CC(C)(O)CNC1CCC(C)CC1. The Labute approximate surface area is 101 Å². The summed E-state index contributed by atoms with van der Waals surface area (Å²) in [5, 5.41) is 13.7. The summed E-state index contributed by atoms with van der Waals surface area (Å²) >= 11 is 0. The van der Waals surface area contributed by atoms with Crippen molar-refractivity contribution in [1.29, 1.82) is 0 Å². The predicted molar refractivity (Wildman–Crippen MR) is 69.5 cm³/mol. The summed E-state index contributed by atoms with van der Waals surface area (Å²) in [5.41, 5.74) is -0.544. The van der Waals surface area contributed by atoms with Crippen LogP contribution in [0.2, 0.25) is 0 Å². The zero-order chi connectivity index (χ0) is 12.2. The first-order chi connectivity index (χ1) is 7.39. The number of rotatable bonds is 5. The molecule has 0 bridgehead atoms. The van der Waals surface area contributed by atoms with Gasteiger partial charge in [0.1, 0.15) is 0 Å². The highest BCUT2D eigenvalue weighted by atomic mass is 16.3. The quantitative estimate of drug-likeness (QED) is 0.757. The lowest BCUT2D eigenvalue weighted by Crippen LogP contribution is -2.44. The average Bonchev–Trinajstić information content (AvgIpc) is 2.15. The summed E-state index contributed by atoms with van der Waals surface area (Å²) in [4.78, 5) is 0. The Morgan fingerprint density at radius 3 is 2.31 bits per heavy atom. The van der Waals surface area contributed by atoms with Crippen LogP contribution in [0.25, 0.3) is 0 Å². The molecule has 0 heterocycles. The second-order valence-corrected chi connectivity index (χ2v) is 6.43. The van der Waals surface area contributed by atoms with Gasteiger partial charge in [-0.25, -0.2) is 0 Å². The van der Waals surface area contributed by atoms with Crippen molar-refractivity contribution in [3.8, 4) is 0 Å². The maximum atomic E-state index is 10.2. The van der Waals surface area contributed by atoms with Crippen LogP contribution < -0.4 is 5.32 Å². The van der Waals surface area contributed by atoms with Crippen molar-refractivity contribution in [2.24, 2.45) is 11.8 Å². The summed E-state index contributed by atoms with van der Waals surface area (Å²) in [6, 6.07) is 0.634. The van der Waals surface area contributed by atoms with Crippen LogP contribution in [0, 0.1) is 11.8 Å². The van der Waals surface area contributed by atoms with E-state index in [-0.39, 0.29) is 0 Å². The molecule has 1 fully saturated rings. The van der Waals surface area contributed by atoms with Crippen molar-refractivity contribution >= 4 is 0 Å². The topological polar surface area (TPSA) is 32.3 Å². The van der Waals surface area contributed by atoms with Crippen LogP contribution in [-0.2, 0) is 0 Å². The Morgan fingerprint density at radius 2 is 1.81 bits per heavy atom. The van der Waals surface area contributed by atoms with Crippen molar-refractivity contribution in [3.63, 3.8) is 0 Å². The summed E-state index contributed by atoms with van der Waals surface area (Å²) in [6.07, 6.45) is 6.11. The van der Waals surface area contributed by atoms with Gasteiger partial charge >= 0.3 is 0 Å². The highest BCUT2D eigenvalue weighted by molar-refractivity contribution is 4.81. The largest absolute Gasteiger partial charge is 0.389 e. The van der Waals surface area contributed by atoms with Crippen molar-refractivity contribution in [3.05, 3.63) is 0 Å². The van der Waals surface area contributed by atoms with Gasteiger partial charge in [-0.05, 0) is 50.9 Å². The van der Waals surface area contributed by atoms with Crippen LogP contribution in [0.5, 0.6) is 0 Å². The van der Waals surface area contributed by atoms with Gasteiger partial charge in [-0.1, -0.05) is 20.8 Å². The van der Waals surface area contributed by atoms with E-state index in [0.717, 1.165) is 18.9 Å². The second-order valence-electron chi connectivity index (χ2n) is 6.43. The molecule has 1 rings (SSSR count). The monoisotopic (exact) mass is 227 g/mol. The van der Waals surface area contributed by atoms with Gasteiger partial charge in [-0.15, -0.1) is 0 Å². The normalized spacial score (nSPS) is 30.4. The summed E-state index contributed by atoms with van der Waals surface area (Å²) < 4.78 is 0. The highest BCUT2D eigenvalue weighted by Crippen LogP contribution is 2.24. The van der Waals surface area contributed by atoms with E-state index in [1.165, 1.54) is 25.7 Å². The lowest BCUT2D eigenvalue weighted by molar-refractivity contribution is 0.0341. The van der Waals surface area contributed by atoms with Crippen LogP contribution in [-0.4, -0.2) is 23.3 Å². The molecule has 0 radical (unpaired) electrons. The van der Waals surface area contributed by atoms with E-state index in [0.29, 0.717) is 12.0 Å². The van der Waals surface area contributed by atoms with E-state index in [2.05, 4.69) is 26.1 Å². The van der Waals surface area contributed by atoms with Crippen molar-refractivity contribution in [1.82, 2.24) is 5.32 Å². The van der Waals surface area contributed by atoms with Crippen LogP contribution >= 0.6 is 0 Å². The Balaban J connectivity index is 2.23. The third-order valence-corrected chi connectivity index (χ3v) is 3.64. The molecular weight excluding hydrogens is 198 g/mol. The van der Waals surface area contributed by atoms with Gasteiger partial charge < -0.3 is 10.4 Å². The molecule has 2 heteroatoms. The molecule has 1 unspecified atom stereocenters. The molecule has 1 aliphatic carbocycles. The Hall–Kier alpha value is -0.0800. The molecule has 0 aromatic carbocycles. The van der Waals surface area contributed by atoms with E-state index in [1.54, 1.807) is 0 Å². The van der Waals surface area contributed by atoms with Crippen LogP contribution in [0.1, 0.15) is 59.8 Å². The fraction of sp³-hybridized carbons (Fsp3) is 1.00. The molecule has 0 saturated heterocycles. The minimum Gasteiger partial charge on any atom is -0.389 e. The maximum Gasteiger partial charge on any atom is 0.0746 e. The lowest BCUT2D eigenvalue weighted by atomic mass is 9.86. The molecule has 2 N–H and O–H groups in total. The number of hydrogen-bond donors (Lipinski definition) is 2. The Morgan fingerprint density at radius 1 is 1.25 bits per heavy atom. The molecule has 0 aliphatic heterocycles. The molecule has 2 nitrogen and oxygen atoms in total. The highest BCUT2D eigenvalue weighted by Gasteiger charge is 2.24. The summed E-state index contributed by atoms with van der Waals surface area (Å²) in [6.45, 7) is 9.36. The molecule has 0 aromatic heterocycles. The smallest absolute Gasteiger partial charge is 0.0746 e. The molecule has 0 aromatic rings. The average molecular weight is 227 g/mol. The minimum absolute atomic E-state index is 0.544. The molecule has 16 heavy (non-hydrogen) atoms. The molecule has 1 atom stereocenters.